The summed E-state index contributed by atoms with van der Waals surface area (Å²) in [7, 11) is 1.51. The van der Waals surface area contributed by atoms with Crippen LogP contribution in [0.5, 0.6) is 23.0 Å². The van der Waals surface area contributed by atoms with Crippen molar-refractivity contribution in [1.29, 1.82) is 0 Å². The molecule has 0 radical (unpaired) electrons. The summed E-state index contributed by atoms with van der Waals surface area (Å²) in [6, 6.07) is 22.8. The molecular weight excluding hydrogens is 673 g/mol. The molecule has 0 spiro atoms. The van der Waals surface area contributed by atoms with Crippen molar-refractivity contribution in [2.24, 2.45) is 5.10 Å². The summed E-state index contributed by atoms with van der Waals surface area (Å²) < 4.78 is 23.3. The standard InChI is InChI=1S/C32H28BrCl2N3O6/c1-3-42-29-14-21(13-24(33)31(29)44-19-30(39)37-23-10-11-25(34)26(35)16-23)17-36-38-32(40)22-9-12-27(28(15-22)41-2)43-18-20-7-5-4-6-8-20/h4-17H,3,18-19H2,1-2H3,(H,37,39)(H,38,40)/b36-17+. The van der Waals surface area contributed by atoms with Gasteiger partial charge in [-0.3, -0.25) is 9.59 Å². The molecule has 2 N–H and O–H groups in total. The second-order valence-electron chi connectivity index (χ2n) is 9.07. The number of rotatable bonds is 13. The maximum absolute atomic E-state index is 12.8. The Morgan fingerprint density at radius 3 is 2.41 bits per heavy atom. The van der Waals surface area contributed by atoms with Gasteiger partial charge in [0.05, 0.1) is 34.4 Å². The summed E-state index contributed by atoms with van der Waals surface area (Å²) in [5, 5.41) is 7.48. The fourth-order valence-electron chi connectivity index (χ4n) is 3.87. The average Bonchev–Trinajstić information content (AvgIpc) is 3.02. The van der Waals surface area contributed by atoms with E-state index in [1.807, 2.05) is 37.3 Å². The molecule has 0 aliphatic rings. The smallest absolute Gasteiger partial charge is 0.271 e. The van der Waals surface area contributed by atoms with Crippen molar-refractivity contribution in [3.63, 3.8) is 0 Å². The molecular formula is C32H28BrCl2N3O6. The van der Waals surface area contributed by atoms with Gasteiger partial charge in [0.2, 0.25) is 0 Å². The fraction of sp³-hybridized carbons (Fsp3) is 0.156. The maximum atomic E-state index is 12.8. The molecule has 44 heavy (non-hydrogen) atoms. The molecule has 0 unspecified atom stereocenters. The lowest BCUT2D eigenvalue weighted by molar-refractivity contribution is -0.118. The number of carbonyl (C=O) groups excluding carboxylic acids is 2. The Balaban J connectivity index is 1.37. The van der Waals surface area contributed by atoms with Gasteiger partial charge in [-0.1, -0.05) is 53.5 Å². The third-order valence-corrected chi connectivity index (χ3v) is 7.25. The second-order valence-corrected chi connectivity index (χ2v) is 10.7. The summed E-state index contributed by atoms with van der Waals surface area (Å²) in [4.78, 5) is 25.2. The fourth-order valence-corrected chi connectivity index (χ4v) is 4.74. The van der Waals surface area contributed by atoms with Crippen molar-refractivity contribution >= 4 is 62.8 Å². The van der Waals surface area contributed by atoms with Crippen molar-refractivity contribution in [3.8, 4) is 23.0 Å². The van der Waals surface area contributed by atoms with E-state index in [9.17, 15) is 9.59 Å². The van der Waals surface area contributed by atoms with Crippen LogP contribution in [0, 0.1) is 0 Å². The van der Waals surface area contributed by atoms with Gasteiger partial charge in [-0.15, -0.1) is 0 Å². The van der Waals surface area contributed by atoms with E-state index in [1.165, 1.54) is 13.3 Å². The first kappa shape index (κ1) is 32.7. The minimum atomic E-state index is -0.439. The highest BCUT2D eigenvalue weighted by atomic mass is 79.9. The number of amides is 2. The molecule has 2 amide bonds. The monoisotopic (exact) mass is 699 g/mol. The van der Waals surface area contributed by atoms with E-state index in [0.29, 0.717) is 67.5 Å². The number of ether oxygens (including phenoxy) is 4. The van der Waals surface area contributed by atoms with Crippen molar-refractivity contribution in [2.75, 3.05) is 25.6 Å². The van der Waals surface area contributed by atoms with Crippen LogP contribution in [0.15, 0.2) is 88.4 Å². The van der Waals surface area contributed by atoms with Crippen LogP contribution in [0.1, 0.15) is 28.4 Å². The highest BCUT2D eigenvalue weighted by Gasteiger charge is 2.15. The van der Waals surface area contributed by atoms with Crippen molar-refractivity contribution in [1.82, 2.24) is 5.43 Å². The van der Waals surface area contributed by atoms with Crippen molar-refractivity contribution in [3.05, 3.63) is 110 Å². The Labute approximate surface area is 273 Å². The molecule has 4 aromatic carbocycles. The van der Waals surface area contributed by atoms with Gasteiger partial charge >= 0.3 is 0 Å². The topological polar surface area (TPSA) is 107 Å². The Kier molecular flexibility index (Phi) is 11.9. The SMILES string of the molecule is CCOc1cc(/C=N/NC(=O)c2ccc(OCc3ccccc3)c(OC)c2)cc(Br)c1OCC(=O)Nc1ccc(Cl)c(Cl)c1. The molecule has 228 valence electrons. The predicted molar refractivity (Wildman–Crippen MR) is 175 cm³/mol. The second kappa shape index (κ2) is 16.0. The predicted octanol–water partition coefficient (Wildman–Crippen LogP) is 7.52. The van der Waals surface area contributed by atoms with Gasteiger partial charge in [0.25, 0.3) is 11.8 Å². The van der Waals surface area contributed by atoms with E-state index < -0.39 is 11.8 Å². The van der Waals surface area contributed by atoms with Gasteiger partial charge < -0.3 is 24.3 Å². The van der Waals surface area contributed by atoms with Gasteiger partial charge in [0.1, 0.15) is 6.61 Å². The number of nitrogens with zero attached hydrogens (tertiary/aromatic N) is 1. The molecule has 0 aliphatic carbocycles. The molecule has 0 saturated heterocycles. The summed E-state index contributed by atoms with van der Waals surface area (Å²) >= 11 is 15.4. The minimum absolute atomic E-state index is 0.290. The average molecular weight is 701 g/mol. The molecule has 0 aliphatic heterocycles. The Morgan fingerprint density at radius 1 is 0.886 bits per heavy atom. The van der Waals surface area contributed by atoms with E-state index in [4.69, 9.17) is 42.1 Å². The zero-order valence-corrected chi connectivity index (χ0v) is 26.8. The Hall–Kier alpha value is -4.25. The highest BCUT2D eigenvalue weighted by molar-refractivity contribution is 9.10. The number of hydrazone groups is 1. The normalized spacial score (nSPS) is 10.8. The minimum Gasteiger partial charge on any atom is -0.493 e. The summed E-state index contributed by atoms with van der Waals surface area (Å²) in [5.74, 6) is 0.805. The first-order chi connectivity index (χ1) is 21.3. The van der Waals surface area contributed by atoms with Crippen LogP contribution in [0.25, 0.3) is 0 Å². The lowest BCUT2D eigenvalue weighted by Gasteiger charge is -2.14. The third-order valence-electron chi connectivity index (χ3n) is 5.93. The molecule has 4 aromatic rings. The lowest BCUT2D eigenvalue weighted by atomic mass is 10.2. The van der Waals surface area contributed by atoms with Crippen LogP contribution in [0.4, 0.5) is 5.69 Å². The summed E-state index contributed by atoms with van der Waals surface area (Å²) in [6.45, 7) is 2.24. The Bertz CT molecular complexity index is 1650. The quantitative estimate of drug-likeness (QED) is 0.110. The number of carbonyl (C=O) groups is 2. The number of methoxy groups -OCH3 is 1. The number of hydrogen-bond acceptors (Lipinski definition) is 7. The van der Waals surface area contributed by atoms with Crippen LogP contribution in [-0.4, -0.2) is 38.4 Å². The summed E-state index contributed by atoms with van der Waals surface area (Å²) in [6.07, 6.45) is 1.46. The molecule has 9 nitrogen and oxygen atoms in total. The molecule has 12 heteroatoms. The zero-order valence-electron chi connectivity index (χ0n) is 23.7. The molecule has 0 saturated carbocycles. The van der Waals surface area contributed by atoms with Crippen molar-refractivity contribution in [2.45, 2.75) is 13.5 Å². The lowest BCUT2D eigenvalue weighted by Crippen LogP contribution is -2.20. The van der Waals surface area contributed by atoms with Crippen LogP contribution < -0.4 is 29.7 Å². The number of nitrogens with one attached hydrogen (secondary N) is 2. The van der Waals surface area contributed by atoms with E-state index >= 15 is 0 Å². The molecule has 0 fully saturated rings. The van der Waals surface area contributed by atoms with Crippen LogP contribution >= 0.6 is 39.1 Å². The Morgan fingerprint density at radius 2 is 1.68 bits per heavy atom. The van der Waals surface area contributed by atoms with Crippen LogP contribution in [0.3, 0.4) is 0 Å². The number of halogens is 3. The van der Waals surface area contributed by atoms with Gasteiger partial charge in [-0.05, 0) is 82.5 Å². The zero-order chi connectivity index (χ0) is 31.5. The largest absolute Gasteiger partial charge is 0.493 e. The first-order valence-corrected chi connectivity index (χ1v) is 14.8. The van der Waals surface area contributed by atoms with Gasteiger partial charge in [-0.25, -0.2) is 5.43 Å². The molecule has 0 bridgehead atoms. The third kappa shape index (κ3) is 9.12. The molecule has 0 aromatic heterocycles. The van der Waals surface area contributed by atoms with Crippen molar-refractivity contribution < 1.29 is 28.5 Å². The molecule has 4 rings (SSSR count). The number of anilines is 1. The number of benzene rings is 4. The van der Waals surface area contributed by atoms with E-state index in [-0.39, 0.29) is 6.61 Å². The van der Waals surface area contributed by atoms with E-state index in [2.05, 4.69) is 31.8 Å². The number of hydrogen-bond donors (Lipinski definition) is 2. The molecule has 0 atom stereocenters. The van der Waals surface area contributed by atoms with Crippen LogP contribution in [-0.2, 0) is 11.4 Å². The van der Waals surface area contributed by atoms with E-state index in [0.717, 1.165) is 5.56 Å². The van der Waals surface area contributed by atoms with Gasteiger partial charge in [0, 0.05) is 11.3 Å². The first-order valence-electron chi connectivity index (χ1n) is 13.3. The van der Waals surface area contributed by atoms with Crippen LogP contribution in [0.2, 0.25) is 10.0 Å². The van der Waals surface area contributed by atoms with Gasteiger partial charge in [0.15, 0.2) is 29.6 Å². The maximum Gasteiger partial charge on any atom is 0.271 e. The van der Waals surface area contributed by atoms with E-state index in [1.54, 1.807) is 48.5 Å². The summed E-state index contributed by atoms with van der Waals surface area (Å²) in [5.41, 5.74) is 4.95. The van der Waals surface area contributed by atoms with Gasteiger partial charge in [-0.2, -0.15) is 5.10 Å². The highest BCUT2D eigenvalue weighted by Crippen LogP contribution is 2.37. The molecule has 0 heterocycles.